The predicted octanol–water partition coefficient (Wildman–Crippen LogP) is 4.58. The van der Waals surface area contributed by atoms with Crippen molar-refractivity contribution in [2.24, 2.45) is 17.8 Å². The molecular formula is C45H73N5O10. The second kappa shape index (κ2) is 20.4. The van der Waals surface area contributed by atoms with E-state index in [1.54, 1.807) is 13.8 Å². The fourth-order valence-electron chi connectivity index (χ4n) is 9.72. The number of fused-ring (bicyclic) bond motifs is 2. The Bertz CT molecular complexity index is 1690. The van der Waals surface area contributed by atoms with Crippen molar-refractivity contribution in [2.75, 3.05) is 27.7 Å². The van der Waals surface area contributed by atoms with E-state index in [-0.39, 0.29) is 30.5 Å². The number of hydrogen-bond acceptors (Lipinski definition) is 14. The summed E-state index contributed by atoms with van der Waals surface area (Å²) in [6, 6.07) is 7.83. The summed E-state index contributed by atoms with van der Waals surface area (Å²) in [6.45, 7) is 16.9. The Morgan fingerprint density at radius 1 is 1.05 bits per heavy atom. The number of rotatable bonds is 11. The van der Waals surface area contributed by atoms with Crippen LogP contribution in [0.2, 0.25) is 0 Å². The van der Waals surface area contributed by atoms with E-state index in [9.17, 15) is 24.9 Å². The first kappa shape index (κ1) is 48.0. The second-order valence-corrected chi connectivity index (χ2v) is 18.6. The highest BCUT2D eigenvalue weighted by Crippen LogP contribution is 2.44. The van der Waals surface area contributed by atoms with Crippen LogP contribution in [0, 0.1) is 17.8 Å². The first-order chi connectivity index (χ1) is 28.3. The average Bonchev–Trinajstić information content (AvgIpc) is 3.69. The zero-order valence-corrected chi connectivity index (χ0v) is 37.8. The number of benzene rings is 1. The van der Waals surface area contributed by atoms with Gasteiger partial charge in [-0.2, -0.15) is 0 Å². The predicted molar refractivity (Wildman–Crippen MR) is 225 cm³/mol. The molecule has 0 saturated carbocycles. The number of carbonyl (C=O) groups excluding carboxylic acids is 2. The molecule has 3 aliphatic rings. The molecule has 5 rings (SSSR count). The van der Waals surface area contributed by atoms with Gasteiger partial charge < -0.3 is 43.9 Å². The van der Waals surface area contributed by atoms with Crippen molar-refractivity contribution < 1.29 is 48.6 Å². The summed E-state index contributed by atoms with van der Waals surface area (Å²) in [5.74, 6) is -2.30. The lowest BCUT2D eigenvalue weighted by atomic mass is 9.76. The molecule has 3 fully saturated rings. The number of methoxy groups -OCH3 is 1. The van der Waals surface area contributed by atoms with Crippen molar-refractivity contribution in [3.8, 4) is 11.3 Å². The van der Waals surface area contributed by atoms with Crippen molar-refractivity contribution in [3.63, 3.8) is 0 Å². The van der Waals surface area contributed by atoms with Crippen molar-refractivity contribution in [3.05, 3.63) is 36.0 Å². The van der Waals surface area contributed by atoms with Crippen molar-refractivity contribution in [1.29, 1.82) is 0 Å². The molecule has 0 amide bonds. The summed E-state index contributed by atoms with van der Waals surface area (Å²) in [6.07, 6.45) is 1.27. The van der Waals surface area contributed by atoms with Gasteiger partial charge >= 0.3 is 11.9 Å². The van der Waals surface area contributed by atoms with Gasteiger partial charge in [0.25, 0.3) is 0 Å². The fourth-order valence-corrected chi connectivity index (χ4v) is 9.72. The first-order valence-corrected chi connectivity index (χ1v) is 22.0. The van der Waals surface area contributed by atoms with E-state index in [1.165, 1.54) is 14.0 Å². The van der Waals surface area contributed by atoms with Crippen LogP contribution in [0.3, 0.4) is 0 Å². The van der Waals surface area contributed by atoms with Crippen LogP contribution in [0.4, 0.5) is 0 Å². The van der Waals surface area contributed by atoms with E-state index in [4.69, 9.17) is 23.7 Å². The number of nitrogens with zero attached hydrogens (tertiary/aromatic N) is 5. The van der Waals surface area contributed by atoms with E-state index in [2.05, 4.69) is 53.4 Å². The molecule has 15 nitrogen and oxygen atoms in total. The molecule has 1 aromatic carbocycles. The molecule has 3 N–H and O–H groups in total. The molecule has 0 bridgehead atoms. The molecule has 3 aliphatic heterocycles. The molecule has 0 radical (unpaired) electrons. The van der Waals surface area contributed by atoms with Crippen LogP contribution in [0.5, 0.6) is 0 Å². The third-order valence-corrected chi connectivity index (χ3v) is 13.4. The molecular weight excluding hydrogens is 771 g/mol. The van der Waals surface area contributed by atoms with E-state index < -0.39 is 71.9 Å². The SMILES string of the molecule is CC[C@H]1OC(=O)[C@H](C)[C@@H](O)[C@H](C)[C@H]2O[C@@H]3O[C@H](C)C[C@H](N(C)Cc4ccc(-c5cn(CCCCCC(=O)OC)nn5)cc4)[C@H]3O[C@]2(C)C[C@@H](C)CN(C)[C@H](C)[C@@H](O)[C@]1(C)O. The fraction of sp³-hybridized carbons (Fsp3) is 0.778. The Labute approximate surface area is 357 Å². The van der Waals surface area contributed by atoms with E-state index in [1.807, 2.05) is 50.5 Å². The van der Waals surface area contributed by atoms with Crippen LogP contribution in [0.1, 0.15) is 106 Å². The van der Waals surface area contributed by atoms with Crippen molar-refractivity contribution >= 4 is 11.9 Å². The minimum atomic E-state index is -1.73. The highest BCUT2D eigenvalue weighted by atomic mass is 16.7. The maximum Gasteiger partial charge on any atom is 0.311 e. The number of unbranched alkanes of at least 4 members (excludes halogenated alkanes) is 2. The normalized spacial score (nSPS) is 37.4. The number of aliphatic hydroxyl groups excluding tert-OH is 2. The molecule has 0 unspecified atom stereocenters. The summed E-state index contributed by atoms with van der Waals surface area (Å²) in [7, 11) is 5.43. The Kier molecular flexibility index (Phi) is 16.4. The summed E-state index contributed by atoms with van der Waals surface area (Å²) in [4.78, 5) is 29.3. The van der Waals surface area contributed by atoms with Crippen molar-refractivity contribution in [1.82, 2.24) is 24.8 Å². The standard InChI is InChI=1S/C45H73N5O10/c1-12-36-45(8,55)40(53)31(6)48(9)24-27(2)23-44(7)41(29(4)38(52)30(5)42(54)58-36)59-43-39(60-44)35(22-28(3)57-43)49(10)25-32-17-19-33(20-18-32)34-26-50(47-46-34)21-15-13-14-16-37(51)56-11/h17-20,26-31,35-36,38-41,43,52-53,55H,12-16,21-25H2,1-11H3/t27-,28-,29+,30-,31-,35+,36-,38+,39-,40-,41-,43+,44-,45-/m1/s1. The smallest absolute Gasteiger partial charge is 0.311 e. The van der Waals surface area contributed by atoms with Crippen LogP contribution in [0.15, 0.2) is 30.5 Å². The van der Waals surface area contributed by atoms with Gasteiger partial charge in [-0.15, -0.1) is 5.10 Å². The number of esters is 2. The highest BCUT2D eigenvalue weighted by Gasteiger charge is 2.56. The van der Waals surface area contributed by atoms with Crippen LogP contribution < -0.4 is 0 Å². The van der Waals surface area contributed by atoms with Crippen LogP contribution in [-0.2, 0) is 46.4 Å². The Morgan fingerprint density at radius 2 is 1.75 bits per heavy atom. The maximum absolute atomic E-state index is 13.6. The molecule has 2 aromatic rings. The summed E-state index contributed by atoms with van der Waals surface area (Å²) >= 11 is 0. The number of hydrogen-bond donors (Lipinski definition) is 3. The van der Waals surface area contributed by atoms with Gasteiger partial charge in [-0.3, -0.25) is 19.2 Å². The molecule has 60 heavy (non-hydrogen) atoms. The van der Waals surface area contributed by atoms with E-state index >= 15 is 0 Å². The first-order valence-electron chi connectivity index (χ1n) is 22.0. The maximum atomic E-state index is 13.6. The minimum Gasteiger partial charge on any atom is -0.469 e. The number of aryl methyl sites for hydroxylation is 1. The topological polar surface area (TPSA) is 178 Å². The van der Waals surface area contributed by atoms with Gasteiger partial charge in [-0.1, -0.05) is 56.7 Å². The molecule has 338 valence electrons. The number of aromatic nitrogens is 3. The number of carbonyl (C=O) groups is 2. The molecule has 0 spiro atoms. The lowest BCUT2D eigenvalue weighted by molar-refractivity contribution is -0.374. The molecule has 0 aliphatic carbocycles. The Morgan fingerprint density at radius 3 is 2.42 bits per heavy atom. The Hall–Kier alpha value is -3.02. The average molecular weight is 844 g/mol. The number of likely N-dealkylation sites (N-methyl/N-ethyl adjacent to an activating group) is 2. The third-order valence-electron chi connectivity index (χ3n) is 13.4. The molecule has 3 saturated heterocycles. The summed E-state index contributed by atoms with van der Waals surface area (Å²) in [5, 5.41) is 43.6. The van der Waals surface area contributed by atoms with Gasteiger partial charge in [0.05, 0.1) is 43.1 Å². The number of cyclic esters (lactones) is 1. The van der Waals surface area contributed by atoms with Crippen LogP contribution in [0.25, 0.3) is 11.3 Å². The zero-order chi connectivity index (χ0) is 44.1. The van der Waals surface area contributed by atoms with Crippen LogP contribution in [-0.4, -0.2) is 146 Å². The zero-order valence-electron chi connectivity index (χ0n) is 37.8. The lowest BCUT2D eigenvalue weighted by Crippen LogP contribution is -2.67. The van der Waals surface area contributed by atoms with Gasteiger partial charge in [-0.25, -0.2) is 0 Å². The molecule has 15 heteroatoms. The summed E-state index contributed by atoms with van der Waals surface area (Å²) in [5.41, 5.74) is 0.279. The number of ether oxygens (including phenoxy) is 5. The Balaban J connectivity index is 1.32. The molecule has 14 atom stereocenters. The van der Waals surface area contributed by atoms with Gasteiger partial charge in [0, 0.05) is 49.6 Å². The van der Waals surface area contributed by atoms with Gasteiger partial charge in [0.2, 0.25) is 0 Å². The monoisotopic (exact) mass is 844 g/mol. The lowest BCUT2D eigenvalue weighted by Gasteiger charge is -2.56. The van der Waals surface area contributed by atoms with E-state index in [0.29, 0.717) is 25.9 Å². The summed E-state index contributed by atoms with van der Waals surface area (Å²) < 4.78 is 33.1. The van der Waals surface area contributed by atoms with Gasteiger partial charge in [0.15, 0.2) is 6.29 Å². The highest BCUT2D eigenvalue weighted by molar-refractivity contribution is 5.73. The van der Waals surface area contributed by atoms with Crippen LogP contribution >= 0.6 is 0 Å². The molecule has 4 heterocycles. The second-order valence-electron chi connectivity index (χ2n) is 18.6. The van der Waals surface area contributed by atoms with Crippen molar-refractivity contribution in [2.45, 2.75) is 180 Å². The van der Waals surface area contributed by atoms with Gasteiger partial charge in [-0.05, 0) is 92.3 Å². The quantitative estimate of drug-likeness (QED) is 0.212. The largest absolute Gasteiger partial charge is 0.469 e. The van der Waals surface area contributed by atoms with E-state index in [0.717, 1.165) is 49.0 Å². The van der Waals surface area contributed by atoms with Gasteiger partial charge in [0.1, 0.15) is 29.6 Å². The third kappa shape index (κ3) is 11.1. The number of aliphatic hydroxyl groups is 3. The molecule has 1 aromatic heterocycles. The minimum absolute atomic E-state index is 0.0479.